The first-order valence-corrected chi connectivity index (χ1v) is 12.4. The van der Waals surface area contributed by atoms with Gasteiger partial charge in [-0.15, -0.1) is 5.10 Å². The second kappa shape index (κ2) is 8.61. The summed E-state index contributed by atoms with van der Waals surface area (Å²) in [5.41, 5.74) is 6.05. The van der Waals surface area contributed by atoms with Gasteiger partial charge in [0.15, 0.2) is 5.82 Å². The van der Waals surface area contributed by atoms with E-state index in [1.165, 1.54) is 5.56 Å². The van der Waals surface area contributed by atoms with E-state index in [2.05, 4.69) is 69.6 Å². The van der Waals surface area contributed by atoms with Crippen LogP contribution < -0.4 is 10.5 Å². The lowest BCUT2D eigenvalue weighted by Gasteiger charge is -2.33. The summed E-state index contributed by atoms with van der Waals surface area (Å²) in [6, 6.07) is 14.4. The Labute approximate surface area is 203 Å². The lowest BCUT2D eigenvalue weighted by atomic mass is 9.99. The first kappa shape index (κ1) is 22.0. The number of pyridine rings is 1. The molecule has 6 rings (SSSR count). The Morgan fingerprint density at radius 3 is 2.89 bits per heavy atom. The van der Waals surface area contributed by atoms with Gasteiger partial charge in [-0.2, -0.15) is 0 Å². The minimum absolute atomic E-state index is 0.0849. The summed E-state index contributed by atoms with van der Waals surface area (Å²) < 4.78 is 7.71. The molecule has 0 unspecified atom stereocenters. The highest BCUT2D eigenvalue weighted by atomic mass is 16.5. The van der Waals surface area contributed by atoms with Crippen LogP contribution in [0.3, 0.4) is 0 Å². The van der Waals surface area contributed by atoms with Crippen LogP contribution in [0.25, 0.3) is 10.9 Å². The van der Waals surface area contributed by atoms with Crippen molar-refractivity contribution >= 4 is 16.6 Å². The van der Waals surface area contributed by atoms with Crippen LogP contribution in [0.5, 0.6) is 0 Å². The number of hydrogen-bond donors (Lipinski definition) is 1. The van der Waals surface area contributed by atoms with Crippen LogP contribution >= 0.6 is 0 Å². The Kier molecular flexibility index (Phi) is 5.40. The predicted molar refractivity (Wildman–Crippen MR) is 135 cm³/mol. The van der Waals surface area contributed by atoms with Gasteiger partial charge < -0.3 is 14.6 Å². The Morgan fingerprint density at radius 2 is 2.06 bits per heavy atom. The lowest BCUT2D eigenvalue weighted by molar-refractivity contribution is 0.0924. The highest BCUT2D eigenvalue weighted by molar-refractivity contribution is 5.83. The molecule has 2 aliphatic heterocycles. The van der Waals surface area contributed by atoms with Gasteiger partial charge in [0, 0.05) is 23.9 Å². The monoisotopic (exact) mass is 470 g/mol. The van der Waals surface area contributed by atoms with Gasteiger partial charge >= 0.3 is 0 Å². The van der Waals surface area contributed by atoms with Gasteiger partial charge in [-0.1, -0.05) is 30.3 Å². The minimum atomic E-state index is -0.431. The van der Waals surface area contributed by atoms with E-state index in [1.54, 1.807) is 0 Å². The van der Waals surface area contributed by atoms with Crippen molar-refractivity contribution in [3.8, 4) is 0 Å². The number of anilines is 1. The normalized spacial score (nSPS) is 20.5. The predicted octanol–water partition coefficient (Wildman–Crippen LogP) is 3.85. The SMILES string of the molecule is Cc1ccc2cc([C@H](c3nnnn3C[C@H]3CCCO3)N3c4ccccc4C[C@H]3C)c(=O)[nH]c2c1C. The highest BCUT2D eigenvalue weighted by Crippen LogP contribution is 2.40. The van der Waals surface area contributed by atoms with Crippen molar-refractivity contribution in [2.75, 3.05) is 11.5 Å². The number of nitrogens with one attached hydrogen (secondary N) is 1. The van der Waals surface area contributed by atoms with Crippen molar-refractivity contribution in [3.63, 3.8) is 0 Å². The number of rotatable bonds is 5. The average Bonchev–Trinajstić information content (AvgIpc) is 3.59. The fourth-order valence-corrected chi connectivity index (χ4v) is 5.66. The molecule has 0 amide bonds. The summed E-state index contributed by atoms with van der Waals surface area (Å²) >= 11 is 0. The summed E-state index contributed by atoms with van der Waals surface area (Å²) in [7, 11) is 0. The average molecular weight is 471 g/mol. The first-order chi connectivity index (χ1) is 17.0. The van der Waals surface area contributed by atoms with Crippen LogP contribution in [0.2, 0.25) is 0 Å². The molecule has 0 spiro atoms. The molecule has 4 aromatic rings. The maximum Gasteiger partial charge on any atom is 0.254 e. The fourth-order valence-electron chi connectivity index (χ4n) is 5.66. The van der Waals surface area contributed by atoms with E-state index in [4.69, 9.17) is 4.74 Å². The Balaban J connectivity index is 1.54. The van der Waals surface area contributed by atoms with Gasteiger partial charge in [-0.3, -0.25) is 4.79 Å². The van der Waals surface area contributed by atoms with Gasteiger partial charge in [-0.25, -0.2) is 4.68 Å². The lowest BCUT2D eigenvalue weighted by Crippen LogP contribution is -2.39. The van der Waals surface area contributed by atoms with Crippen molar-refractivity contribution in [2.45, 2.75) is 64.8 Å². The standard InChI is InChI=1S/C27H30N6O2/c1-16-10-11-20-14-22(27(34)28-24(20)18(16)3)25(33-17(2)13-19-7-4-5-9-23(19)33)26-29-30-31-32(26)15-21-8-6-12-35-21/h4-5,7,9-11,14,17,21,25H,6,8,12-13,15H2,1-3H3,(H,28,34)/t17-,21-,25-/m1/s1. The molecule has 0 radical (unpaired) electrons. The van der Waals surface area contributed by atoms with Crippen molar-refractivity contribution in [1.29, 1.82) is 0 Å². The van der Waals surface area contributed by atoms with Gasteiger partial charge in [0.05, 0.1) is 18.2 Å². The second-order valence-electron chi connectivity index (χ2n) is 9.87. The van der Waals surface area contributed by atoms with E-state index in [0.29, 0.717) is 17.9 Å². The smallest absolute Gasteiger partial charge is 0.254 e. The first-order valence-electron chi connectivity index (χ1n) is 12.4. The molecule has 1 N–H and O–H groups in total. The van der Waals surface area contributed by atoms with E-state index >= 15 is 0 Å². The zero-order chi connectivity index (χ0) is 24.1. The molecule has 0 aliphatic carbocycles. The molecule has 35 heavy (non-hydrogen) atoms. The van der Waals surface area contributed by atoms with E-state index in [0.717, 1.165) is 53.6 Å². The Hall–Kier alpha value is -3.52. The largest absolute Gasteiger partial charge is 0.376 e. The molecular weight excluding hydrogens is 440 g/mol. The number of ether oxygens (including phenoxy) is 1. The van der Waals surface area contributed by atoms with Crippen molar-refractivity contribution in [2.24, 2.45) is 0 Å². The number of benzene rings is 2. The number of aryl methyl sites for hydroxylation is 2. The Bertz CT molecular complexity index is 1450. The van der Waals surface area contributed by atoms with Crippen molar-refractivity contribution in [3.05, 3.63) is 80.9 Å². The maximum atomic E-state index is 13.7. The van der Waals surface area contributed by atoms with Crippen molar-refractivity contribution in [1.82, 2.24) is 25.2 Å². The number of para-hydroxylation sites is 1. The number of aromatic nitrogens is 5. The molecule has 1 fully saturated rings. The van der Waals surface area contributed by atoms with Crippen LogP contribution in [0.15, 0.2) is 47.3 Å². The molecule has 0 saturated carbocycles. The van der Waals surface area contributed by atoms with E-state index in [1.807, 2.05) is 23.7 Å². The quantitative estimate of drug-likeness (QED) is 0.477. The summed E-state index contributed by atoms with van der Waals surface area (Å²) in [6.07, 6.45) is 3.03. The third-order valence-electron chi connectivity index (χ3n) is 7.62. The maximum absolute atomic E-state index is 13.7. The molecule has 3 atom stereocenters. The van der Waals surface area contributed by atoms with Crippen molar-refractivity contribution < 1.29 is 4.74 Å². The highest BCUT2D eigenvalue weighted by Gasteiger charge is 2.38. The molecular formula is C27H30N6O2. The number of aromatic amines is 1. The van der Waals surface area contributed by atoms with Crippen LogP contribution in [-0.4, -0.2) is 43.9 Å². The topological polar surface area (TPSA) is 88.9 Å². The number of H-pyrrole nitrogens is 1. The van der Waals surface area contributed by atoms with Crippen LogP contribution in [-0.2, 0) is 17.7 Å². The van der Waals surface area contributed by atoms with E-state index in [-0.39, 0.29) is 17.7 Å². The second-order valence-corrected chi connectivity index (χ2v) is 9.87. The summed E-state index contributed by atoms with van der Waals surface area (Å²) in [4.78, 5) is 19.2. The number of tetrazole rings is 1. The molecule has 2 aromatic carbocycles. The zero-order valence-electron chi connectivity index (χ0n) is 20.4. The molecule has 2 aliphatic rings. The molecule has 0 bridgehead atoms. The third-order valence-corrected chi connectivity index (χ3v) is 7.62. The van der Waals surface area contributed by atoms with E-state index in [9.17, 15) is 4.79 Å². The summed E-state index contributed by atoms with van der Waals surface area (Å²) in [5, 5.41) is 13.9. The molecule has 8 nitrogen and oxygen atoms in total. The third kappa shape index (κ3) is 3.72. The van der Waals surface area contributed by atoms with Gasteiger partial charge in [0.25, 0.3) is 5.56 Å². The van der Waals surface area contributed by atoms with Crippen LogP contribution in [0.1, 0.15) is 53.9 Å². The molecule has 1 saturated heterocycles. The number of hydrogen-bond acceptors (Lipinski definition) is 6. The Morgan fingerprint density at radius 1 is 1.20 bits per heavy atom. The molecule has 8 heteroatoms. The molecule has 180 valence electrons. The van der Waals surface area contributed by atoms with Gasteiger partial charge in [0.1, 0.15) is 6.04 Å². The number of nitrogens with zero attached hydrogens (tertiary/aromatic N) is 5. The zero-order valence-corrected chi connectivity index (χ0v) is 20.4. The van der Waals surface area contributed by atoms with Gasteiger partial charge in [-0.05, 0) is 84.7 Å². The summed E-state index contributed by atoms with van der Waals surface area (Å²) in [6.45, 7) is 7.65. The minimum Gasteiger partial charge on any atom is -0.376 e. The van der Waals surface area contributed by atoms with E-state index < -0.39 is 6.04 Å². The molecule has 2 aromatic heterocycles. The fraction of sp³-hybridized carbons (Fsp3) is 0.407. The summed E-state index contributed by atoms with van der Waals surface area (Å²) in [5.74, 6) is 0.665. The van der Waals surface area contributed by atoms with Crippen LogP contribution in [0.4, 0.5) is 5.69 Å². The molecule has 4 heterocycles. The van der Waals surface area contributed by atoms with Crippen LogP contribution in [0, 0.1) is 13.8 Å². The van der Waals surface area contributed by atoms with Gasteiger partial charge in [0.2, 0.25) is 0 Å². The number of fused-ring (bicyclic) bond motifs is 2.